The maximum atomic E-state index is 14.7. The second-order valence-electron chi connectivity index (χ2n) is 10.7. The van der Waals surface area contributed by atoms with Crippen molar-refractivity contribution in [2.75, 3.05) is 0 Å². The summed E-state index contributed by atoms with van der Waals surface area (Å²) in [4.78, 5) is 28.6. The molecule has 0 radical (unpaired) electrons. The smallest absolute Gasteiger partial charge is 0.365 e. The summed E-state index contributed by atoms with van der Waals surface area (Å²) in [5.74, 6) is 0.790. The molecule has 4 rings (SSSR count). The molecule has 43 heavy (non-hydrogen) atoms. The molecule has 2 heterocycles. The van der Waals surface area contributed by atoms with Crippen LogP contribution in [-0.2, 0) is 42.8 Å². The van der Waals surface area contributed by atoms with Crippen LogP contribution in [0.4, 0.5) is 0 Å². The molecule has 228 valence electrons. The highest BCUT2D eigenvalue weighted by Gasteiger charge is 2.35. The Kier molecular flexibility index (Phi) is 10.4. The Bertz CT molecular complexity index is 1600. The fourth-order valence-corrected chi connectivity index (χ4v) is 7.27. The number of aromatic nitrogens is 1. The standard InChI is InChI=1S/C32H36NO8PS/c1-19(2)14-30-31(33-22(5)43-30)32-29(12-13-37-32)42(36,38-17-25-8-10-27(20(3)15-25)40-23(6)34)39-18-26-9-11-28(21(4)16-26)41-24(7)35/h8-13,15-16,19H,14,17-18H2,1-7H3. The lowest BCUT2D eigenvalue weighted by molar-refractivity contribution is -0.132. The Hall–Kier alpha value is -3.56. The Labute approximate surface area is 255 Å². The van der Waals surface area contributed by atoms with E-state index in [1.165, 1.54) is 20.1 Å². The van der Waals surface area contributed by atoms with Gasteiger partial charge in [-0.15, -0.1) is 11.3 Å². The number of ether oxygens (including phenoxy) is 2. The van der Waals surface area contributed by atoms with E-state index in [4.69, 9.17) is 27.9 Å². The summed E-state index contributed by atoms with van der Waals surface area (Å²) in [6.45, 7) is 12.4. The normalized spacial score (nSPS) is 11.6. The average Bonchev–Trinajstić information content (AvgIpc) is 3.55. The van der Waals surface area contributed by atoms with Gasteiger partial charge in [-0.3, -0.25) is 14.2 Å². The number of thiazole rings is 1. The molecule has 11 heteroatoms. The molecule has 0 aliphatic rings. The molecule has 0 amide bonds. The van der Waals surface area contributed by atoms with Crippen molar-refractivity contribution in [2.24, 2.45) is 5.92 Å². The van der Waals surface area contributed by atoms with Crippen LogP contribution >= 0.6 is 18.9 Å². The highest BCUT2D eigenvalue weighted by atomic mass is 32.1. The summed E-state index contributed by atoms with van der Waals surface area (Å²) < 4.78 is 43.3. The fraction of sp³-hybridized carbons (Fsp3) is 0.344. The van der Waals surface area contributed by atoms with Gasteiger partial charge in [-0.05, 0) is 73.6 Å². The first-order valence-corrected chi connectivity index (χ1v) is 16.2. The van der Waals surface area contributed by atoms with Crippen LogP contribution in [0.25, 0.3) is 11.5 Å². The van der Waals surface area contributed by atoms with Crippen molar-refractivity contribution in [1.29, 1.82) is 0 Å². The number of rotatable bonds is 12. The van der Waals surface area contributed by atoms with Crippen molar-refractivity contribution in [3.63, 3.8) is 0 Å². The largest absolute Gasteiger partial charge is 0.462 e. The van der Waals surface area contributed by atoms with Crippen LogP contribution in [0.2, 0.25) is 0 Å². The second kappa shape index (κ2) is 13.8. The van der Waals surface area contributed by atoms with E-state index in [0.717, 1.165) is 27.4 Å². The first-order chi connectivity index (χ1) is 20.3. The van der Waals surface area contributed by atoms with E-state index >= 15 is 0 Å². The zero-order chi connectivity index (χ0) is 31.3. The Morgan fingerprint density at radius 1 is 0.884 bits per heavy atom. The molecule has 2 aromatic carbocycles. The minimum Gasteiger partial charge on any atom is -0.462 e. The van der Waals surface area contributed by atoms with E-state index in [2.05, 4.69) is 13.8 Å². The summed E-state index contributed by atoms with van der Waals surface area (Å²) >= 11 is 1.58. The number of benzene rings is 2. The van der Waals surface area contributed by atoms with E-state index in [0.29, 0.717) is 40.0 Å². The molecule has 9 nitrogen and oxygen atoms in total. The zero-order valence-corrected chi connectivity index (χ0v) is 27.1. The van der Waals surface area contributed by atoms with Gasteiger partial charge in [0.2, 0.25) is 0 Å². The molecule has 0 aliphatic carbocycles. The summed E-state index contributed by atoms with van der Waals surface area (Å²) in [6.07, 6.45) is 2.25. The Morgan fingerprint density at radius 2 is 1.42 bits per heavy atom. The maximum absolute atomic E-state index is 14.7. The second-order valence-corrected chi connectivity index (χ2v) is 13.9. The summed E-state index contributed by atoms with van der Waals surface area (Å²) in [7, 11) is -4.00. The molecule has 0 saturated carbocycles. The molecular weight excluding hydrogens is 589 g/mol. The molecule has 0 fully saturated rings. The minimum absolute atomic E-state index is 0.0392. The quantitative estimate of drug-likeness (QED) is 0.0890. The number of esters is 2. The topological polar surface area (TPSA) is 114 Å². The molecule has 0 saturated heterocycles. The average molecular weight is 626 g/mol. The molecular formula is C32H36NO8PS. The van der Waals surface area contributed by atoms with E-state index in [9.17, 15) is 14.2 Å². The van der Waals surface area contributed by atoms with Crippen molar-refractivity contribution < 1.29 is 37.1 Å². The van der Waals surface area contributed by atoms with Gasteiger partial charge in [0.15, 0.2) is 5.76 Å². The number of carbonyl (C=O) groups is 2. The van der Waals surface area contributed by atoms with Crippen molar-refractivity contribution in [3.8, 4) is 23.0 Å². The minimum atomic E-state index is -4.00. The van der Waals surface area contributed by atoms with Crippen LogP contribution in [0.1, 0.15) is 59.8 Å². The first-order valence-electron chi connectivity index (χ1n) is 13.8. The maximum Gasteiger partial charge on any atom is 0.365 e. The van der Waals surface area contributed by atoms with Crippen LogP contribution in [0.15, 0.2) is 53.1 Å². The van der Waals surface area contributed by atoms with Gasteiger partial charge in [-0.2, -0.15) is 0 Å². The zero-order valence-electron chi connectivity index (χ0n) is 25.4. The lowest BCUT2D eigenvalue weighted by Gasteiger charge is -2.19. The summed E-state index contributed by atoms with van der Waals surface area (Å²) in [5, 5.41) is 1.15. The van der Waals surface area contributed by atoms with Crippen LogP contribution < -0.4 is 14.8 Å². The van der Waals surface area contributed by atoms with E-state index < -0.39 is 19.5 Å². The van der Waals surface area contributed by atoms with Gasteiger partial charge in [0.1, 0.15) is 22.5 Å². The Morgan fingerprint density at radius 3 is 1.88 bits per heavy atom. The molecule has 2 aromatic heterocycles. The SMILES string of the molecule is CC(=O)Oc1ccc(COP(=O)(OCc2ccc(OC(C)=O)c(C)c2)c2ccoc2-c2nc(C)sc2CC(C)C)cc1C. The summed E-state index contributed by atoms with van der Waals surface area (Å²) in [5.41, 5.74) is 3.53. The van der Waals surface area contributed by atoms with Crippen LogP contribution in [0, 0.1) is 26.7 Å². The van der Waals surface area contributed by atoms with E-state index in [1.54, 1.807) is 53.8 Å². The van der Waals surface area contributed by atoms with Gasteiger partial charge in [0.05, 0.1) is 24.5 Å². The van der Waals surface area contributed by atoms with Crippen molar-refractivity contribution in [1.82, 2.24) is 4.98 Å². The predicted octanol–water partition coefficient (Wildman–Crippen LogP) is 7.63. The molecule has 0 spiro atoms. The molecule has 0 unspecified atom stereocenters. The van der Waals surface area contributed by atoms with E-state index in [1.807, 2.05) is 20.8 Å². The lowest BCUT2D eigenvalue weighted by Crippen LogP contribution is -2.12. The summed E-state index contributed by atoms with van der Waals surface area (Å²) in [6, 6.07) is 12.1. The third kappa shape index (κ3) is 8.30. The number of furan rings is 1. The van der Waals surface area contributed by atoms with Gasteiger partial charge in [0, 0.05) is 18.7 Å². The van der Waals surface area contributed by atoms with Gasteiger partial charge in [-0.1, -0.05) is 38.1 Å². The third-order valence-corrected chi connectivity index (χ3v) is 9.21. The number of aryl methyl sites for hydroxylation is 3. The van der Waals surface area contributed by atoms with Crippen molar-refractivity contribution >= 4 is 36.2 Å². The Balaban J connectivity index is 1.67. The highest BCUT2D eigenvalue weighted by molar-refractivity contribution is 7.62. The number of hydrogen-bond acceptors (Lipinski definition) is 10. The van der Waals surface area contributed by atoms with E-state index in [-0.39, 0.29) is 18.5 Å². The van der Waals surface area contributed by atoms with Crippen LogP contribution in [-0.4, -0.2) is 16.9 Å². The van der Waals surface area contributed by atoms with Gasteiger partial charge in [0.25, 0.3) is 0 Å². The van der Waals surface area contributed by atoms with Crippen molar-refractivity contribution in [3.05, 3.63) is 80.9 Å². The highest BCUT2D eigenvalue weighted by Crippen LogP contribution is 2.52. The number of carbonyl (C=O) groups excluding carboxylic acids is 2. The van der Waals surface area contributed by atoms with Gasteiger partial charge in [-0.25, -0.2) is 4.98 Å². The molecule has 0 bridgehead atoms. The molecule has 4 aromatic rings. The first kappa shape index (κ1) is 32.4. The lowest BCUT2D eigenvalue weighted by atomic mass is 10.1. The fourth-order valence-electron chi connectivity index (χ4n) is 4.49. The number of nitrogens with zero attached hydrogens (tertiary/aromatic N) is 1. The monoisotopic (exact) mass is 625 g/mol. The van der Waals surface area contributed by atoms with Crippen molar-refractivity contribution in [2.45, 2.75) is 68.1 Å². The third-order valence-electron chi connectivity index (χ3n) is 6.34. The predicted molar refractivity (Wildman–Crippen MR) is 165 cm³/mol. The number of hydrogen-bond donors (Lipinski definition) is 0. The van der Waals surface area contributed by atoms with Crippen LogP contribution in [0.3, 0.4) is 0 Å². The van der Waals surface area contributed by atoms with Gasteiger partial charge < -0.3 is 22.9 Å². The molecule has 0 atom stereocenters. The molecule has 0 aliphatic heterocycles. The van der Waals surface area contributed by atoms with Crippen LogP contribution in [0.5, 0.6) is 11.5 Å². The molecule has 0 N–H and O–H groups in total. The van der Waals surface area contributed by atoms with Gasteiger partial charge >= 0.3 is 19.5 Å².